The zero-order valence-electron chi connectivity index (χ0n) is 6.18. The highest BCUT2D eigenvalue weighted by molar-refractivity contribution is 5.15. The summed E-state index contributed by atoms with van der Waals surface area (Å²) < 4.78 is 5.22. The summed E-state index contributed by atoms with van der Waals surface area (Å²) in [6, 6.07) is 0. The monoisotopic (exact) mass is 126 g/mol. The lowest BCUT2D eigenvalue weighted by molar-refractivity contribution is 0.104. The van der Waals surface area contributed by atoms with Gasteiger partial charge in [-0.25, -0.2) is 0 Å². The van der Waals surface area contributed by atoms with Gasteiger partial charge < -0.3 is 4.74 Å². The molecule has 1 heteroatoms. The van der Waals surface area contributed by atoms with E-state index in [1.807, 2.05) is 13.8 Å². The summed E-state index contributed by atoms with van der Waals surface area (Å²) in [4.78, 5) is 0. The molecule has 1 nitrogen and oxygen atoms in total. The van der Waals surface area contributed by atoms with E-state index in [1.54, 1.807) is 6.08 Å². The van der Waals surface area contributed by atoms with Gasteiger partial charge in [0.1, 0.15) is 0 Å². The van der Waals surface area contributed by atoms with Crippen LogP contribution in [0.15, 0.2) is 24.8 Å². The van der Waals surface area contributed by atoms with Crippen molar-refractivity contribution in [2.45, 2.75) is 20.0 Å². The average Bonchev–Trinajstić information content (AvgIpc) is 1.87. The molecule has 52 valence electrons. The van der Waals surface area contributed by atoms with Crippen molar-refractivity contribution < 1.29 is 4.74 Å². The van der Waals surface area contributed by atoms with E-state index in [4.69, 9.17) is 4.74 Å². The Labute approximate surface area is 57.0 Å². The molecule has 0 bridgehead atoms. The highest BCUT2D eigenvalue weighted by atomic mass is 16.5. The molecule has 0 aliphatic rings. The molecular formula is C8H14O. The second-order valence-corrected chi connectivity index (χ2v) is 1.88. The standard InChI is InChI=1S/C8H14O/c1-5-7(3)8(4)9-6-2/h5,8H,1,3,6H2,2,4H3. The Balaban J connectivity index is 3.58. The molecule has 0 aromatic heterocycles. The summed E-state index contributed by atoms with van der Waals surface area (Å²) in [5, 5.41) is 0. The van der Waals surface area contributed by atoms with Gasteiger partial charge in [0.25, 0.3) is 0 Å². The van der Waals surface area contributed by atoms with Crippen LogP contribution in [0.3, 0.4) is 0 Å². The molecule has 1 unspecified atom stereocenters. The number of ether oxygens (including phenoxy) is 1. The van der Waals surface area contributed by atoms with Crippen LogP contribution >= 0.6 is 0 Å². The van der Waals surface area contributed by atoms with Gasteiger partial charge in [0.15, 0.2) is 0 Å². The molecule has 0 spiro atoms. The molecule has 0 N–H and O–H groups in total. The molecule has 0 saturated heterocycles. The fourth-order valence-electron chi connectivity index (χ4n) is 0.523. The quantitative estimate of drug-likeness (QED) is 0.524. The normalized spacial score (nSPS) is 12.7. The SMILES string of the molecule is C=CC(=C)C(C)OCC. The van der Waals surface area contributed by atoms with Gasteiger partial charge in [0.2, 0.25) is 0 Å². The van der Waals surface area contributed by atoms with Crippen LogP contribution in [0.1, 0.15) is 13.8 Å². The van der Waals surface area contributed by atoms with Gasteiger partial charge >= 0.3 is 0 Å². The minimum atomic E-state index is 0.118. The van der Waals surface area contributed by atoms with E-state index in [0.717, 1.165) is 12.2 Å². The molecule has 0 heterocycles. The third kappa shape index (κ3) is 3.09. The highest BCUT2D eigenvalue weighted by Crippen LogP contribution is 2.03. The predicted octanol–water partition coefficient (Wildman–Crippen LogP) is 2.15. The van der Waals surface area contributed by atoms with Gasteiger partial charge in [-0.1, -0.05) is 19.2 Å². The Bertz CT molecular complexity index is 105. The Morgan fingerprint density at radius 2 is 2.33 bits per heavy atom. The maximum Gasteiger partial charge on any atom is 0.0790 e. The lowest BCUT2D eigenvalue weighted by atomic mass is 10.2. The lowest BCUT2D eigenvalue weighted by Gasteiger charge is -2.09. The molecule has 0 aliphatic carbocycles. The summed E-state index contributed by atoms with van der Waals surface area (Å²) in [7, 11) is 0. The average molecular weight is 126 g/mol. The molecule has 0 aromatic carbocycles. The molecule has 9 heavy (non-hydrogen) atoms. The van der Waals surface area contributed by atoms with Crippen LogP contribution < -0.4 is 0 Å². The van der Waals surface area contributed by atoms with Crippen LogP contribution in [0.4, 0.5) is 0 Å². The Hall–Kier alpha value is -0.560. The maximum absolute atomic E-state index is 5.22. The molecule has 0 amide bonds. The summed E-state index contributed by atoms with van der Waals surface area (Å²) in [6.45, 7) is 12.0. The summed E-state index contributed by atoms with van der Waals surface area (Å²) in [5.41, 5.74) is 0.942. The van der Waals surface area contributed by atoms with E-state index in [-0.39, 0.29) is 6.10 Å². The van der Waals surface area contributed by atoms with Crippen molar-refractivity contribution in [3.05, 3.63) is 24.8 Å². The first-order valence-electron chi connectivity index (χ1n) is 3.15. The van der Waals surface area contributed by atoms with Crippen LogP contribution in [0.5, 0.6) is 0 Å². The van der Waals surface area contributed by atoms with Crippen LogP contribution in [-0.4, -0.2) is 12.7 Å². The summed E-state index contributed by atoms with van der Waals surface area (Å²) in [5.74, 6) is 0. The van der Waals surface area contributed by atoms with Gasteiger partial charge in [-0.15, -0.1) is 0 Å². The van der Waals surface area contributed by atoms with Crippen molar-refractivity contribution in [1.29, 1.82) is 0 Å². The molecule has 0 rings (SSSR count). The summed E-state index contributed by atoms with van der Waals surface area (Å²) in [6.07, 6.45) is 1.84. The first-order valence-corrected chi connectivity index (χ1v) is 3.15. The van der Waals surface area contributed by atoms with E-state index < -0.39 is 0 Å². The number of hydrogen-bond donors (Lipinski definition) is 0. The van der Waals surface area contributed by atoms with Crippen molar-refractivity contribution in [1.82, 2.24) is 0 Å². The number of rotatable bonds is 4. The fourth-order valence-corrected chi connectivity index (χ4v) is 0.523. The van der Waals surface area contributed by atoms with E-state index in [0.29, 0.717) is 0 Å². The third-order valence-electron chi connectivity index (χ3n) is 1.20. The fraction of sp³-hybridized carbons (Fsp3) is 0.500. The van der Waals surface area contributed by atoms with E-state index in [9.17, 15) is 0 Å². The van der Waals surface area contributed by atoms with Gasteiger partial charge in [-0.05, 0) is 19.4 Å². The van der Waals surface area contributed by atoms with E-state index in [2.05, 4.69) is 13.2 Å². The Morgan fingerprint density at radius 1 is 1.78 bits per heavy atom. The smallest absolute Gasteiger partial charge is 0.0790 e. The van der Waals surface area contributed by atoms with Crippen LogP contribution in [0.2, 0.25) is 0 Å². The van der Waals surface area contributed by atoms with Crippen molar-refractivity contribution in [2.75, 3.05) is 6.61 Å². The van der Waals surface area contributed by atoms with Gasteiger partial charge in [0.05, 0.1) is 6.10 Å². The molecular weight excluding hydrogens is 112 g/mol. The first-order chi connectivity index (χ1) is 4.22. The zero-order valence-corrected chi connectivity index (χ0v) is 6.18. The Kier molecular flexibility index (Phi) is 4.06. The second kappa shape index (κ2) is 4.33. The van der Waals surface area contributed by atoms with Crippen molar-refractivity contribution in [3.8, 4) is 0 Å². The molecule has 0 aliphatic heterocycles. The highest BCUT2D eigenvalue weighted by Gasteiger charge is 1.99. The van der Waals surface area contributed by atoms with Crippen molar-refractivity contribution >= 4 is 0 Å². The number of hydrogen-bond acceptors (Lipinski definition) is 1. The molecule has 0 aromatic rings. The predicted molar refractivity (Wildman–Crippen MR) is 40.4 cm³/mol. The molecule has 0 fully saturated rings. The lowest BCUT2D eigenvalue weighted by Crippen LogP contribution is -2.08. The van der Waals surface area contributed by atoms with Crippen molar-refractivity contribution in [3.63, 3.8) is 0 Å². The van der Waals surface area contributed by atoms with Crippen LogP contribution in [0.25, 0.3) is 0 Å². The second-order valence-electron chi connectivity index (χ2n) is 1.88. The van der Waals surface area contributed by atoms with Gasteiger partial charge in [-0.3, -0.25) is 0 Å². The van der Waals surface area contributed by atoms with Crippen molar-refractivity contribution in [2.24, 2.45) is 0 Å². The first kappa shape index (κ1) is 8.44. The van der Waals surface area contributed by atoms with Crippen LogP contribution in [0, 0.1) is 0 Å². The van der Waals surface area contributed by atoms with Gasteiger partial charge in [0, 0.05) is 6.61 Å². The minimum Gasteiger partial charge on any atom is -0.374 e. The largest absolute Gasteiger partial charge is 0.374 e. The Morgan fingerprint density at radius 3 is 2.67 bits per heavy atom. The summed E-state index contributed by atoms with van der Waals surface area (Å²) >= 11 is 0. The molecule has 0 saturated carbocycles. The van der Waals surface area contributed by atoms with E-state index >= 15 is 0 Å². The van der Waals surface area contributed by atoms with E-state index in [1.165, 1.54) is 0 Å². The minimum absolute atomic E-state index is 0.118. The van der Waals surface area contributed by atoms with Crippen LogP contribution in [-0.2, 0) is 4.74 Å². The topological polar surface area (TPSA) is 9.23 Å². The third-order valence-corrected chi connectivity index (χ3v) is 1.20. The zero-order chi connectivity index (χ0) is 7.28. The maximum atomic E-state index is 5.22. The molecule has 1 atom stereocenters. The molecule has 0 radical (unpaired) electrons. The van der Waals surface area contributed by atoms with Gasteiger partial charge in [-0.2, -0.15) is 0 Å².